The van der Waals surface area contributed by atoms with E-state index < -0.39 is 0 Å². The lowest BCUT2D eigenvalue weighted by Gasteiger charge is -2.17. The number of nitrogens with one attached hydrogen (secondary N) is 2. The van der Waals surface area contributed by atoms with E-state index in [1.54, 1.807) is 38.4 Å². The maximum absolute atomic E-state index is 12.9. The number of hydrogen-bond donors (Lipinski definition) is 4. The highest BCUT2D eigenvalue weighted by atomic mass is 16.3. The molecule has 0 spiro atoms. The fraction of sp³-hybridized carbons (Fsp3) is 0.227. The predicted octanol–water partition coefficient (Wildman–Crippen LogP) is 4.40. The van der Waals surface area contributed by atoms with Gasteiger partial charge in [-0.25, -0.2) is 0 Å². The van der Waals surface area contributed by atoms with Crippen LogP contribution in [0.1, 0.15) is 30.4 Å². The van der Waals surface area contributed by atoms with Crippen LogP contribution in [0.25, 0.3) is 12.2 Å². The Balaban J connectivity index is 1.87. The Morgan fingerprint density at radius 2 is 1.26 bits per heavy atom. The van der Waals surface area contributed by atoms with Crippen LogP contribution >= 0.6 is 0 Å². The fourth-order valence-electron chi connectivity index (χ4n) is 3.28. The smallest absolute Gasteiger partial charge is 0.185 e. The second-order valence-electron chi connectivity index (χ2n) is 6.58. The largest absolute Gasteiger partial charge is 0.506 e. The third-order valence-electron chi connectivity index (χ3n) is 4.74. The van der Waals surface area contributed by atoms with Crippen molar-refractivity contribution >= 4 is 29.3 Å². The molecule has 4 N–H and O–H groups in total. The maximum atomic E-state index is 12.9. The zero-order valence-corrected chi connectivity index (χ0v) is 15.5. The monoisotopic (exact) mass is 364 g/mol. The van der Waals surface area contributed by atoms with Gasteiger partial charge in [0.1, 0.15) is 11.5 Å². The summed E-state index contributed by atoms with van der Waals surface area (Å²) < 4.78 is 0. The van der Waals surface area contributed by atoms with Gasteiger partial charge in [0.05, 0.1) is 11.4 Å². The predicted molar refractivity (Wildman–Crippen MR) is 110 cm³/mol. The molecule has 0 radical (unpaired) electrons. The number of rotatable bonds is 4. The topological polar surface area (TPSA) is 81.6 Å². The van der Waals surface area contributed by atoms with Crippen molar-refractivity contribution < 1.29 is 15.0 Å². The van der Waals surface area contributed by atoms with Crippen LogP contribution < -0.4 is 10.6 Å². The molecular formula is C22H24N2O3. The molecule has 0 unspecified atom stereocenters. The average Bonchev–Trinajstić information content (AvgIpc) is 2.65. The molecule has 0 aliphatic heterocycles. The number of allylic oxidation sites excluding steroid dienone is 2. The molecule has 2 aromatic carbocycles. The first-order valence-corrected chi connectivity index (χ1v) is 8.99. The molecule has 0 saturated heterocycles. The number of aromatic hydroxyl groups is 2. The average molecular weight is 364 g/mol. The van der Waals surface area contributed by atoms with Gasteiger partial charge in [-0.3, -0.25) is 4.79 Å². The lowest BCUT2D eigenvalue weighted by molar-refractivity contribution is -0.112. The summed E-state index contributed by atoms with van der Waals surface area (Å²) in [6.07, 6.45) is 6.01. The Kier molecular flexibility index (Phi) is 5.50. The Labute approximate surface area is 159 Å². The van der Waals surface area contributed by atoms with Crippen LogP contribution in [0.5, 0.6) is 11.5 Å². The highest BCUT2D eigenvalue weighted by Gasteiger charge is 2.20. The van der Waals surface area contributed by atoms with Crippen LogP contribution in [0.15, 0.2) is 47.5 Å². The van der Waals surface area contributed by atoms with Crippen LogP contribution in [0, 0.1) is 0 Å². The quantitative estimate of drug-likeness (QED) is 0.477. The normalized spacial score (nSPS) is 17.3. The summed E-state index contributed by atoms with van der Waals surface area (Å²) in [6, 6.07) is 10.6. The molecule has 5 nitrogen and oxygen atoms in total. The molecule has 0 bridgehead atoms. The number of benzene rings is 2. The number of ketones is 1. The summed E-state index contributed by atoms with van der Waals surface area (Å²) in [5, 5.41) is 25.8. The van der Waals surface area contributed by atoms with Crippen molar-refractivity contribution in [3.05, 3.63) is 58.7 Å². The number of phenolic OH excluding ortho intramolecular Hbond substituents is 2. The molecule has 3 rings (SSSR count). The minimum atomic E-state index is 0.0237. The highest BCUT2D eigenvalue weighted by molar-refractivity contribution is 6.14. The number of carbonyl (C=O) groups is 1. The first-order chi connectivity index (χ1) is 13.0. The first kappa shape index (κ1) is 18.6. The van der Waals surface area contributed by atoms with Gasteiger partial charge in [0.15, 0.2) is 5.78 Å². The number of phenols is 2. The van der Waals surface area contributed by atoms with Gasteiger partial charge in [-0.05, 0) is 66.8 Å². The van der Waals surface area contributed by atoms with E-state index in [0.29, 0.717) is 24.2 Å². The van der Waals surface area contributed by atoms with Crippen LogP contribution in [0.4, 0.5) is 11.4 Å². The molecule has 0 aromatic heterocycles. The molecule has 1 fully saturated rings. The fourth-order valence-corrected chi connectivity index (χ4v) is 3.28. The van der Waals surface area contributed by atoms with Crippen LogP contribution in [-0.4, -0.2) is 30.1 Å². The Morgan fingerprint density at radius 1 is 0.815 bits per heavy atom. The van der Waals surface area contributed by atoms with Gasteiger partial charge in [0, 0.05) is 25.2 Å². The molecular weight excluding hydrogens is 340 g/mol. The summed E-state index contributed by atoms with van der Waals surface area (Å²) in [7, 11) is 3.49. The standard InChI is InChI=1S/C22H24N2O3/c1-23-18-8-6-14(12-20(18)25)10-16-4-3-5-17(22(16)27)11-15-7-9-19(24-2)21(26)13-15/h6-13,23-26H,3-5H2,1-2H3. The summed E-state index contributed by atoms with van der Waals surface area (Å²) in [6.45, 7) is 0. The number of hydrogen-bond acceptors (Lipinski definition) is 5. The van der Waals surface area contributed by atoms with Gasteiger partial charge in [-0.2, -0.15) is 0 Å². The summed E-state index contributed by atoms with van der Waals surface area (Å²) >= 11 is 0. The van der Waals surface area contributed by atoms with Gasteiger partial charge in [-0.1, -0.05) is 12.1 Å². The van der Waals surface area contributed by atoms with E-state index in [1.807, 2.05) is 24.3 Å². The highest BCUT2D eigenvalue weighted by Crippen LogP contribution is 2.31. The minimum Gasteiger partial charge on any atom is -0.506 e. The Bertz CT molecular complexity index is 856. The third-order valence-corrected chi connectivity index (χ3v) is 4.74. The Morgan fingerprint density at radius 3 is 1.63 bits per heavy atom. The van der Waals surface area contributed by atoms with Crippen molar-refractivity contribution in [2.75, 3.05) is 24.7 Å². The van der Waals surface area contributed by atoms with E-state index in [2.05, 4.69) is 10.6 Å². The molecule has 1 saturated carbocycles. The molecule has 140 valence electrons. The van der Waals surface area contributed by atoms with E-state index in [9.17, 15) is 15.0 Å². The molecule has 1 aliphatic carbocycles. The number of Topliss-reactive ketones (excluding diaryl/α,β-unsaturated/α-hetero) is 1. The van der Waals surface area contributed by atoms with E-state index in [0.717, 1.165) is 28.7 Å². The van der Waals surface area contributed by atoms with Gasteiger partial charge >= 0.3 is 0 Å². The first-order valence-electron chi connectivity index (χ1n) is 8.99. The van der Waals surface area contributed by atoms with E-state index in [-0.39, 0.29) is 17.3 Å². The lowest BCUT2D eigenvalue weighted by Crippen LogP contribution is -2.12. The van der Waals surface area contributed by atoms with Gasteiger partial charge < -0.3 is 20.8 Å². The van der Waals surface area contributed by atoms with Crippen molar-refractivity contribution in [3.63, 3.8) is 0 Å². The van der Waals surface area contributed by atoms with Crippen molar-refractivity contribution in [1.82, 2.24) is 0 Å². The molecule has 0 atom stereocenters. The number of carbonyl (C=O) groups excluding carboxylic acids is 1. The third kappa shape index (κ3) is 4.14. The summed E-state index contributed by atoms with van der Waals surface area (Å²) in [5.74, 6) is 0.340. The van der Waals surface area contributed by atoms with E-state index in [1.165, 1.54) is 0 Å². The molecule has 0 amide bonds. The molecule has 0 heterocycles. The van der Waals surface area contributed by atoms with Crippen LogP contribution in [0.3, 0.4) is 0 Å². The molecule has 1 aliphatic rings. The minimum absolute atomic E-state index is 0.0237. The van der Waals surface area contributed by atoms with Crippen molar-refractivity contribution in [1.29, 1.82) is 0 Å². The van der Waals surface area contributed by atoms with Crippen LogP contribution in [0.2, 0.25) is 0 Å². The Hall–Kier alpha value is -3.21. The van der Waals surface area contributed by atoms with Crippen LogP contribution in [-0.2, 0) is 4.79 Å². The van der Waals surface area contributed by atoms with Gasteiger partial charge in [0.2, 0.25) is 0 Å². The molecule has 27 heavy (non-hydrogen) atoms. The lowest BCUT2D eigenvalue weighted by atomic mass is 9.87. The van der Waals surface area contributed by atoms with E-state index >= 15 is 0 Å². The summed E-state index contributed by atoms with van der Waals surface area (Å²) in [5.41, 5.74) is 4.37. The van der Waals surface area contributed by atoms with Gasteiger partial charge in [-0.15, -0.1) is 0 Å². The molecule has 2 aromatic rings. The van der Waals surface area contributed by atoms with E-state index in [4.69, 9.17) is 0 Å². The second kappa shape index (κ2) is 7.99. The zero-order valence-electron chi connectivity index (χ0n) is 15.5. The summed E-state index contributed by atoms with van der Waals surface area (Å²) in [4.78, 5) is 12.9. The van der Waals surface area contributed by atoms with Crippen molar-refractivity contribution in [3.8, 4) is 11.5 Å². The SMILES string of the molecule is CNc1ccc(C=C2CCCC(=Cc3ccc(NC)c(O)c3)C2=O)cc1O. The van der Waals surface area contributed by atoms with Gasteiger partial charge in [0.25, 0.3) is 0 Å². The van der Waals surface area contributed by atoms with Crippen molar-refractivity contribution in [2.24, 2.45) is 0 Å². The molecule has 5 heteroatoms. The second-order valence-corrected chi connectivity index (χ2v) is 6.58. The van der Waals surface area contributed by atoms with Crippen molar-refractivity contribution in [2.45, 2.75) is 19.3 Å². The maximum Gasteiger partial charge on any atom is 0.185 e. The zero-order chi connectivity index (χ0) is 19.4. The number of anilines is 2.